The molecule has 0 bridgehead atoms. The Morgan fingerprint density at radius 3 is 2.64 bits per heavy atom. The van der Waals surface area contributed by atoms with Gasteiger partial charge in [-0.3, -0.25) is 14.9 Å². The Labute approximate surface area is 196 Å². The van der Waals surface area contributed by atoms with Gasteiger partial charge in [0, 0.05) is 17.8 Å². The molecule has 0 unspecified atom stereocenters. The van der Waals surface area contributed by atoms with Crippen LogP contribution in [-0.2, 0) is 26.2 Å². The third-order valence-electron chi connectivity index (χ3n) is 5.62. The van der Waals surface area contributed by atoms with Crippen LogP contribution in [0.15, 0.2) is 40.6 Å². The number of sulfonamides is 1. The number of imidazole rings is 1. The summed E-state index contributed by atoms with van der Waals surface area (Å²) in [4.78, 5) is 29.0. The second-order valence-corrected chi connectivity index (χ2v) is 11.3. The van der Waals surface area contributed by atoms with E-state index in [1.54, 1.807) is 6.07 Å². The molecular formula is C22H27N5O4S2. The molecule has 0 spiro atoms. The van der Waals surface area contributed by atoms with Crippen LogP contribution in [0.3, 0.4) is 0 Å². The number of anilines is 1. The lowest BCUT2D eigenvalue weighted by atomic mass is 9.95. The van der Waals surface area contributed by atoms with Gasteiger partial charge in [0.1, 0.15) is 4.21 Å². The van der Waals surface area contributed by atoms with Crippen molar-refractivity contribution in [3.8, 4) is 0 Å². The molecule has 176 valence electrons. The predicted octanol–water partition coefficient (Wildman–Crippen LogP) is 3.16. The van der Waals surface area contributed by atoms with Gasteiger partial charge in [-0.1, -0.05) is 31.4 Å². The van der Waals surface area contributed by atoms with E-state index in [1.165, 1.54) is 19.4 Å². The number of nitrogens with one attached hydrogen (secondary N) is 3. The lowest BCUT2D eigenvalue weighted by Gasteiger charge is -2.25. The maximum Gasteiger partial charge on any atom is 0.250 e. The first-order valence-corrected chi connectivity index (χ1v) is 13.2. The van der Waals surface area contributed by atoms with Crippen molar-refractivity contribution < 1.29 is 18.0 Å². The molecule has 9 nitrogen and oxygen atoms in total. The summed E-state index contributed by atoms with van der Waals surface area (Å²) in [6.07, 6.45) is 5.52. The number of thiophene rings is 1. The highest BCUT2D eigenvalue weighted by molar-refractivity contribution is 7.91. The number of amides is 2. The zero-order valence-corrected chi connectivity index (χ0v) is 20.0. The zero-order valence-electron chi connectivity index (χ0n) is 18.3. The Morgan fingerprint density at radius 1 is 1.12 bits per heavy atom. The summed E-state index contributed by atoms with van der Waals surface area (Å²) in [5.41, 5.74) is 1.76. The van der Waals surface area contributed by atoms with Crippen molar-refractivity contribution >= 4 is 50.2 Å². The molecule has 1 aromatic carbocycles. The van der Waals surface area contributed by atoms with E-state index in [4.69, 9.17) is 0 Å². The smallest absolute Gasteiger partial charge is 0.250 e. The summed E-state index contributed by atoms with van der Waals surface area (Å²) in [5.74, 6) is -0.233. The molecule has 11 heteroatoms. The molecule has 2 heterocycles. The topological polar surface area (TPSA) is 122 Å². The lowest BCUT2D eigenvalue weighted by Crippen LogP contribution is -2.33. The molecule has 3 aromatic rings. The Balaban J connectivity index is 1.44. The fourth-order valence-corrected chi connectivity index (χ4v) is 6.37. The Kier molecular flexibility index (Phi) is 7.11. The van der Waals surface area contributed by atoms with Crippen LogP contribution >= 0.6 is 11.3 Å². The molecule has 0 atom stereocenters. The number of nitrogens with zero attached hydrogens (tertiary/aromatic N) is 2. The number of para-hydroxylation sites is 2. The first-order valence-electron chi connectivity index (χ1n) is 10.9. The summed E-state index contributed by atoms with van der Waals surface area (Å²) in [7, 11) is -3.85. The molecule has 2 amide bonds. The highest BCUT2D eigenvalue weighted by atomic mass is 32.2. The molecule has 1 fully saturated rings. The average Bonchev–Trinajstić information content (AvgIpc) is 3.42. The number of carbonyl (C=O) groups is 2. The number of benzene rings is 1. The lowest BCUT2D eigenvalue weighted by molar-refractivity contribution is -0.119. The van der Waals surface area contributed by atoms with Gasteiger partial charge in [-0.05, 0) is 37.1 Å². The van der Waals surface area contributed by atoms with Crippen LogP contribution in [0.25, 0.3) is 11.0 Å². The average molecular weight is 490 g/mol. The van der Waals surface area contributed by atoms with Crippen LogP contribution < -0.4 is 15.4 Å². The van der Waals surface area contributed by atoms with E-state index in [-0.39, 0.29) is 22.7 Å². The quantitative estimate of drug-likeness (QED) is 0.449. The number of rotatable bonds is 8. The minimum Gasteiger partial charge on any atom is -0.351 e. The standard InChI is InChI=1S/C22H27N5O4S2/c1-15(28)23-13-17-11-12-21(32-17)33(30,31)24-14-20(29)26-22-25-18-9-5-6-10-19(18)27(22)16-7-3-2-4-8-16/h5-6,9-12,16,24H,2-4,7-8,13-14H2,1H3,(H,23,28)(H,25,26,29). The highest BCUT2D eigenvalue weighted by Crippen LogP contribution is 2.34. The van der Waals surface area contributed by atoms with Crippen molar-refractivity contribution in [2.75, 3.05) is 11.9 Å². The Bertz CT molecular complexity index is 1260. The maximum atomic E-state index is 12.6. The summed E-state index contributed by atoms with van der Waals surface area (Å²) in [6.45, 7) is 1.25. The summed E-state index contributed by atoms with van der Waals surface area (Å²) < 4.78 is 29.7. The van der Waals surface area contributed by atoms with E-state index in [0.717, 1.165) is 48.1 Å². The molecule has 1 saturated carbocycles. The fourth-order valence-electron chi connectivity index (χ4n) is 4.05. The summed E-state index contributed by atoms with van der Waals surface area (Å²) in [5, 5.41) is 5.43. The van der Waals surface area contributed by atoms with Gasteiger partial charge >= 0.3 is 0 Å². The number of aromatic nitrogens is 2. The van der Waals surface area contributed by atoms with Gasteiger partial charge in [0.15, 0.2) is 0 Å². The molecule has 0 aliphatic heterocycles. The third-order valence-corrected chi connectivity index (χ3v) is 8.60. The first-order chi connectivity index (χ1) is 15.8. The van der Waals surface area contributed by atoms with Gasteiger partial charge in [0.2, 0.25) is 17.8 Å². The molecule has 0 radical (unpaired) electrons. The van der Waals surface area contributed by atoms with Crippen LogP contribution in [0, 0.1) is 0 Å². The van der Waals surface area contributed by atoms with Gasteiger partial charge in [0.05, 0.1) is 24.1 Å². The minimum absolute atomic E-state index is 0.0881. The number of hydrogen-bond donors (Lipinski definition) is 3. The monoisotopic (exact) mass is 489 g/mol. The zero-order chi connectivity index (χ0) is 23.4. The van der Waals surface area contributed by atoms with Gasteiger partial charge < -0.3 is 9.88 Å². The van der Waals surface area contributed by atoms with E-state index in [1.807, 2.05) is 24.3 Å². The van der Waals surface area contributed by atoms with Crippen molar-refractivity contribution in [1.82, 2.24) is 19.6 Å². The van der Waals surface area contributed by atoms with Crippen molar-refractivity contribution in [2.45, 2.75) is 55.8 Å². The number of carbonyl (C=O) groups excluding carboxylic acids is 2. The van der Waals surface area contributed by atoms with E-state index in [2.05, 4.69) is 24.9 Å². The molecule has 1 aliphatic carbocycles. The number of fused-ring (bicyclic) bond motifs is 1. The van der Waals surface area contributed by atoms with E-state index in [0.29, 0.717) is 10.8 Å². The van der Waals surface area contributed by atoms with Crippen molar-refractivity contribution in [2.24, 2.45) is 0 Å². The second-order valence-electron chi connectivity index (χ2n) is 8.09. The second kappa shape index (κ2) is 10.0. The molecule has 1 aliphatic rings. The Morgan fingerprint density at radius 2 is 1.88 bits per heavy atom. The molecule has 4 rings (SSSR count). The third kappa shape index (κ3) is 5.60. The van der Waals surface area contributed by atoms with Crippen LogP contribution in [0.2, 0.25) is 0 Å². The molecule has 0 saturated heterocycles. The van der Waals surface area contributed by atoms with Crippen LogP contribution in [0.4, 0.5) is 5.95 Å². The van der Waals surface area contributed by atoms with Gasteiger partial charge in [-0.25, -0.2) is 18.1 Å². The molecular weight excluding hydrogens is 462 g/mol. The summed E-state index contributed by atoms with van der Waals surface area (Å²) >= 11 is 1.05. The molecule has 33 heavy (non-hydrogen) atoms. The first kappa shape index (κ1) is 23.4. The van der Waals surface area contributed by atoms with Gasteiger partial charge in [-0.2, -0.15) is 0 Å². The van der Waals surface area contributed by atoms with Crippen LogP contribution in [-0.4, -0.2) is 36.3 Å². The van der Waals surface area contributed by atoms with Crippen LogP contribution in [0.1, 0.15) is 49.9 Å². The van der Waals surface area contributed by atoms with E-state index >= 15 is 0 Å². The summed E-state index contributed by atoms with van der Waals surface area (Å²) in [6, 6.07) is 11.1. The fraction of sp³-hybridized carbons (Fsp3) is 0.409. The van der Waals surface area contributed by atoms with Crippen molar-refractivity contribution in [1.29, 1.82) is 0 Å². The van der Waals surface area contributed by atoms with Gasteiger partial charge in [-0.15, -0.1) is 11.3 Å². The SMILES string of the molecule is CC(=O)NCc1ccc(S(=O)(=O)NCC(=O)Nc2nc3ccccc3n2C2CCCCC2)s1. The Hall–Kier alpha value is -2.76. The normalized spacial score (nSPS) is 14.9. The van der Waals surface area contributed by atoms with Crippen molar-refractivity contribution in [3.05, 3.63) is 41.3 Å². The van der Waals surface area contributed by atoms with Gasteiger partial charge in [0.25, 0.3) is 10.0 Å². The maximum absolute atomic E-state index is 12.6. The highest BCUT2D eigenvalue weighted by Gasteiger charge is 2.23. The minimum atomic E-state index is -3.85. The number of hydrogen-bond acceptors (Lipinski definition) is 6. The van der Waals surface area contributed by atoms with E-state index < -0.39 is 22.5 Å². The van der Waals surface area contributed by atoms with Crippen LogP contribution in [0.5, 0.6) is 0 Å². The molecule has 3 N–H and O–H groups in total. The van der Waals surface area contributed by atoms with Crippen molar-refractivity contribution in [3.63, 3.8) is 0 Å². The molecule has 2 aromatic heterocycles. The predicted molar refractivity (Wildman–Crippen MR) is 128 cm³/mol. The largest absolute Gasteiger partial charge is 0.351 e. The van der Waals surface area contributed by atoms with E-state index in [9.17, 15) is 18.0 Å².